The summed E-state index contributed by atoms with van der Waals surface area (Å²) >= 11 is 6.33. The third-order valence-electron chi connectivity index (χ3n) is 3.63. The minimum atomic E-state index is 0.582. The van der Waals surface area contributed by atoms with Crippen LogP contribution >= 0.6 is 11.6 Å². The molecule has 0 N–H and O–H groups in total. The van der Waals surface area contributed by atoms with Gasteiger partial charge in [0.1, 0.15) is 10.9 Å². The van der Waals surface area contributed by atoms with Gasteiger partial charge in [-0.25, -0.2) is 4.98 Å². The van der Waals surface area contributed by atoms with Crippen LogP contribution in [0.5, 0.6) is 5.75 Å². The van der Waals surface area contributed by atoms with Crippen LogP contribution in [0.4, 0.5) is 0 Å². The van der Waals surface area contributed by atoms with Crippen molar-refractivity contribution in [1.82, 2.24) is 9.88 Å². The summed E-state index contributed by atoms with van der Waals surface area (Å²) in [6, 6.07) is 8.02. The van der Waals surface area contributed by atoms with E-state index >= 15 is 0 Å². The average Bonchev–Trinajstić information content (AvgIpc) is 2.48. The molecule has 0 saturated carbocycles. The van der Waals surface area contributed by atoms with Crippen molar-refractivity contribution in [2.75, 3.05) is 20.7 Å². The van der Waals surface area contributed by atoms with Gasteiger partial charge in [-0.3, -0.25) is 0 Å². The van der Waals surface area contributed by atoms with E-state index in [1.165, 1.54) is 19.3 Å². The Kier molecular flexibility index (Phi) is 5.83. The zero-order valence-electron chi connectivity index (χ0n) is 13.0. The largest absolute Gasteiger partial charge is 0.497 e. The lowest BCUT2D eigenvalue weighted by Gasteiger charge is -2.17. The molecule has 0 radical (unpaired) electrons. The number of hydrogen-bond acceptors (Lipinski definition) is 3. The van der Waals surface area contributed by atoms with Crippen LogP contribution in [0.2, 0.25) is 5.15 Å². The molecule has 0 aliphatic heterocycles. The summed E-state index contributed by atoms with van der Waals surface area (Å²) in [6.45, 7) is 4.14. The smallest absolute Gasteiger partial charge is 0.134 e. The highest BCUT2D eigenvalue weighted by atomic mass is 35.5. The third kappa shape index (κ3) is 4.32. The Morgan fingerprint density at radius 1 is 1.24 bits per heavy atom. The normalized spacial score (nSPS) is 11.3. The van der Waals surface area contributed by atoms with Crippen molar-refractivity contribution in [3.63, 3.8) is 0 Å². The number of benzene rings is 1. The molecule has 1 aromatic heterocycles. The fourth-order valence-electron chi connectivity index (χ4n) is 2.41. The number of rotatable bonds is 7. The average molecular weight is 307 g/mol. The Balaban J connectivity index is 2.15. The molecule has 3 nitrogen and oxygen atoms in total. The molecule has 0 aliphatic carbocycles. The summed E-state index contributed by atoms with van der Waals surface area (Å²) in [6.07, 6.45) is 3.74. The van der Waals surface area contributed by atoms with Gasteiger partial charge in [0.05, 0.1) is 12.6 Å². The van der Waals surface area contributed by atoms with Gasteiger partial charge < -0.3 is 9.64 Å². The molecule has 1 heterocycles. The highest BCUT2D eigenvalue weighted by Crippen LogP contribution is 2.25. The van der Waals surface area contributed by atoms with Gasteiger partial charge in [-0.2, -0.15) is 0 Å². The van der Waals surface area contributed by atoms with E-state index < -0.39 is 0 Å². The van der Waals surface area contributed by atoms with Crippen molar-refractivity contribution in [2.45, 2.75) is 32.7 Å². The summed E-state index contributed by atoms with van der Waals surface area (Å²) in [7, 11) is 3.78. The number of hydrogen-bond donors (Lipinski definition) is 0. The number of fused-ring (bicyclic) bond motifs is 1. The van der Waals surface area contributed by atoms with Crippen LogP contribution in [0.25, 0.3) is 10.9 Å². The summed E-state index contributed by atoms with van der Waals surface area (Å²) < 4.78 is 5.22. The van der Waals surface area contributed by atoms with Crippen LogP contribution in [0.15, 0.2) is 24.3 Å². The van der Waals surface area contributed by atoms with Gasteiger partial charge in [0.2, 0.25) is 0 Å². The Morgan fingerprint density at radius 3 is 2.76 bits per heavy atom. The first kappa shape index (κ1) is 16.1. The maximum Gasteiger partial charge on any atom is 0.134 e. The van der Waals surface area contributed by atoms with Gasteiger partial charge in [0.25, 0.3) is 0 Å². The predicted molar refractivity (Wildman–Crippen MR) is 89.2 cm³/mol. The molecule has 0 unspecified atom stereocenters. The van der Waals surface area contributed by atoms with Crippen molar-refractivity contribution in [3.8, 4) is 5.75 Å². The molecule has 0 bridgehead atoms. The number of halogens is 1. The molecule has 2 aromatic rings. The first-order valence-corrected chi connectivity index (χ1v) is 7.83. The van der Waals surface area contributed by atoms with Crippen molar-refractivity contribution in [3.05, 3.63) is 35.0 Å². The Hall–Kier alpha value is -1.32. The van der Waals surface area contributed by atoms with Crippen LogP contribution in [-0.4, -0.2) is 30.6 Å². The van der Waals surface area contributed by atoms with Crippen molar-refractivity contribution in [2.24, 2.45) is 0 Å². The summed E-state index contributed by atoms with van der Waals surface area (Å²) in [5.41, 5.74) is 1.95. The fraction of sp³-hybridized carbons (Fsp3) is 0.471. The fourth-order valence-corrected chi connectivity index (χ4v) is 2.61. The minimum absolute atomic E-state index is 0.582. The number of methoxy groups -OCH3 is 1. The molecule has 0 atom stereocenters. The molecule has 1 aromatic carbocycles. The second-order valence-corrected chi connectivity index (χ2v) is 5.80. The number of ether oxygens (including phenoxy) is 1. The summed E-state index contributed by atoms with van der Waals surface area (Å²) in [5.74, 6) is 0.801. The van der Waals surface area contributed by atoms with Gasteiger partial charge in [-0.05, 0) is 38.2 Å². The van der Waals surface area contributed by atoms with Gasteiger partial charge in [-0.15, -0.1) is 0 Å². The molecule has 2 rings (SSSR count). The monoisotopic (exact) mass is 306 g/mol. The summed E-state index contributed by atoms with van der Waals surface area (Å²) in [5, 5.41) is 1.68. The summed E-state index contributed by atoms with van der Waals surface area (Å²) in [4.78, 5) is 6.79. The number of aromatic nitrogens is 1. The zero-order valence-corrected chi connectivity index (χ0v) is 13.8. The molecule has 0 amide bonds. The van der Waals surface area contributed by atoms with E-state index in [-0.39, 0.29) is 0 Å². The molecule has 0 fully saturated rings. The van der Waals surface area contributed by atoms with Gasteiger partial charge in [-0.1, -0.05) is 31.4 Å². The maximum absolute atomic E-state index is 6.33. The number of unbranched alkanes of at least 4 members (excludes halogenated alkanes) is 2. The van der Waals surface area contributed by atoms with E-state index in [1.807, 2.05) is 18.2 Å². The third-order valence-corrected chi connectivity index (χ3v) is 3.96. The standard InChI is InChI=1S/C17H23ClN2O/c1-4-5-6-9-20(2)12-14-10-13-7-8-15(21-3)11-16(13)19-17(14)18/h7-8,10-11H,4-6,9,12H2,1-3H3. The minimum Gasteiger partial charge on any atom is -0.497 e. The zero-order chi connectivity index (χ0) is 15.2. The van der Waals surface area contributed by atoms with E-state index in [2.05, 4.69) is 29.9 Å². The van der Waals surface area contributed by atoms with E-state index in [0.717, 1.165) is 35.3 Å². The SMILES string of the molecule is CCCCCN(C)Cc1cc2ccc(OC)cc2nc1Cl. The highest BCUT2D eigenvalue weighted by molar-refractivity contribution is 6.30. The molecule has 4 heteroatoms. The number of nitrogens with zero attached hydrogens (tertiary/aromatic N) is 2. The van der Waals surface area contributed by atoms with E-state index in [1.54, 1.807) is 7.11 Å². The molecular weight excluding hydrogens is 284 g/mol. The second kappa shape index (κ2) is 7.62. The van der Waals surface area contributed by atoms with E-state index in [4.69, 9.17) is 16.3 Å². The van der Waals surface area contributed by atoms with Crippen LogP contribution < -0.4 is 4.74 Å². The maximum atomic E-state index is 6.33. The van der Waals surface area contributed by atoms with E-state index in [9.17, 15) is 0 Å². The second-order valence-electron chi connectivity index (χ2n) is 5.44. The topological polar surface area (TPSA) is 25.4 Å². The lowest BCUT2D eigenvalue weighted by molar-refractivity contribution is 0.318. The predicted octanol–water partition coefficient (Wildman–Crippen LogP) is 4.52. The van der Waals surface area contributed by atoms with Gasteiger partial charge in [0.15, 0.2) is 0 Å². The van der Waals surface area contributed by atoms with E-state index in [0.29, 0.717) is 5.15 Å². The highest BCUT2D eigenvalue weighted by Gasteiger charge is 2.08. The van der Waals surface area contributed by atoms with Crippen molar-refractivity contribution >= 4 is 22.5 Å². The van der Waals surface area contributed by atoms with Crippen LogP contribution in [0.1, 0.15) is 31.7 Å². The molecular formula is C17H23ClN2O. The molecule has 0 spiro atoms. The van der Waals surface area contributed by atoms with Crippen molar-refractivity contribution < 1.29 is 4.74 Å². The lowest BCUT2D eigenvalue weighted by Crippen LogP contribution is -2.19. The first-order valence-electron chi connectivity index (χ1n) is 7.45. The number of pyridine rings is 1. The van der Waals surface area contributed by atoms with Gasteiger partial charge in [0, 0.05) is 23.6 Å². The van der Waals surface area contributed by atoms with Crippen molar-refractivity contribution in [1.29, 1.82) is 0 Å². The lowest BCUT2D eigenvalue weighted by atomic mass is 10.1. The molecule has 114 valence electrons. The van der Waals surface area contributed by atoms with Crippen LogP contribution in [-0.2, 0) is 6.54 Å². The Labute approximate surface area is 131 Å². The first-order chi connectivity index (χ1) is 10.1. The quantitative estimate of drug-likeness (QED) is 0.555. The van der Waals surface area contributed by atoms with Gasteiger partial charge >= 0.3 is 0 Å². The molecule has 0 saturated heterocycles. The van der Waals surface area contributed by atoms with Crippen LogP contribution in [0, 0.1) is 0 Å². The Bertz CT molecular complexity index is 601. The Morgan fingerprint density at radius 2 is 2.05 bits per heavy atom. The molecule has 0 aliphatic rings. The van der Waals surface area contributed by atoms with Crippen LogP contribution in [0.3, 0.4) is 0 Å². The molecule has 21 heavy (non-hydrogen) atoms.